The molecule has 4 heteroatoms. The molecule has 1 saturated carbocycles. The molecule has 0 aromatic heterocycles. The first-order chi connectivity index (χ1) is 10.1. The Hall–Kier alpha value is -0.610. The van der Waals surface area contributed by atoms with Gasteiger partial charge in [-0.3, -0.25) is 9.69 Å². The first-order valence-corrected chi connectivity index (χ1v) is 8.89. The number of amides is 1. The maximum Gasteiger partial charge on any atom is 0.237 e. The maximum atomic E-state index is 12.4. The third kappa shape index (κ3) is 6.35. The largest absolute Gasteiger partial charge is 0.355 e. The predicted molar refractivity (Wildman–Crippen MR) is 89.2 cm³/mol. The van der Waals surface area contributed by atoms with Gasteiger partial charge >= 0.3 is 0 Å². The fourth-order valence-electron chi connectivity index (χ4n) is 3.27. The number of hydrogen-bond acceptors (Lipinski definition) is 3. The van der Waals surface area contributed by atoms with E-state index < -0.39 is 0 Å². The minimum Gasteiger partial charge on any atom is -0.355 e. The van der Waals surface area contributed by atoms with Crippen LogP contribution < -0.4 is 11.1 Å². The number of nitrogens with two attached hydrogens (primary N) is 1. The van der Waals surface area contributed by atoms with Crippen LogP contribution in [0.4, 0.5) is 0 Å². The highest BCUT2D eigenvalue weighted by atomic mass is 16.2. The number of rotatable bonds is 9. The van der Waals surface area contributed by atoms with Gasteiger partial charge in [-0.2, -0.15) is 0 Å². The quantitative estimate of drug-likeness (QED) is 0.643. The lowest BCUT2D eigenvalue weighted by Gasteiger charge is -2.39. The Morgan fingerprint density at radius 1 is 1.19 bits per heavy atom. The van der Waals surface area contributed by atoms with Crippen LogP contribution in [0.15, 0.2) is 0 Å². The number of unbranched alkanes of at least 4 members (excludes halogenated alkanes) is 2. The molecule has 4 nitrogen and oxygen atoms in total. The third-order valence-corrected chi connectivity index (χ3v) is 4.65. The molecule has 1 fully saturated rings. The highest BCUT2D eigenvalue weighted by Crippen LogP contribution is 2.24. The summed E-state index contributed by atoms with van der Waals surface area (Å²) in [6, 6.07) is 0.870. The average Bonchev–Trinajstić information content (AvgIpc) is 2.49. The summed E-state index contributed by atoms with van der Waals surface area (Å²) in [6.45, 7) is 8.24. The first-order valence-electron chi connectivity index (χ1n) is 8.89. The number of hydrogen-bond donors (Lipinski definition) is 2. The molecule has 21 heavy (non-hydrogen) atoms. The van der Waals surface area contributed by atoms with Crippen LogP contribution in [0.25, 0.3) is 0 Å². The molecule has 0 radical (unpaired) electrons. The van der Waals surface area contributed by atoms with Gasteiger partial charge in [0.15, 0.2) is 0 Å². The van der Waals surface area contributed by atoms with Crippen molar-refractivity contribution >= 4 is 5.91 Å². The molecule has 0 bridgehead atoms. The van der Waals surface area contributed by atoms with E-state index >= 15 is 0 Å². The van der Waals surface area contributed by atoms with Crippen molar-refractivity contribution in [1.29, 1.82) is 0 Å². The van der Waals surface area contributed by atoms with E-state index in [2.05, 4.69) is 31.0 Å². The van der Waals surface area contributed by atoms with Gasteiger partial charge in [-0.05, 0) is 52.0 Å². The smallest absolute Gasteiger partial charge is 0.237 e. The Balaban J connectivity index is 2.47. The molecule has 1 unspecified atom stereocenters. The van der Waals surface area contributed by atoms with Gasteiger partial charge < -0.3 is 11.1 Å². The molecular formula is C17H35N3O. The summed E-state index contributed by atoms with van der Waals surface area (Å²) in [6.07, 6.45) is 9.01. The molecule has 0 aliphatic heterocycles. The van der Waals surface area contributed by atoms with E-state index in [-0.39, 0.29) is 11.9 Å². The SMILES string of the molecule is CCCCCNC(=O)C(C)N(CCC)C1CCC(N)CC1. The lowest BCUT2D eigenvalue weighted by molar-refractivity contribution is -0.127. The van der Waals surface area contributed by atoms with Crippen LogP contribution >= 0.6 is 0 Å². The van der Waals surface area contributed by atoms with Gasteiger partial charge in [0.25, 0.3) is 0 Å². The van der Waals surface area contributed by atoms with Crippen molar-refractivity contribution in [3.63, 3.8) is 0 Å². The van der Waals surface area contributed by atoms with E-state index in [0.717, 1.165) is 51.6 Å². The van der Waals surface area contributed by atoms with Gasteiger partial charge in [-0.25, -0.2) is 0 Å². The van der Waals surface area contributed by atoms with Gasteiger partial charge in [-0.1, -0.05) is 26.7 Å². The van der Waals surface area contributed by atoms with E-state index in [1.54, 1.807) is 0 Å². The van der Waals surface area contributed by atoms with Crippen LogP contribution in [0.1, 0.15) is 72.1 Å². The number of nitrogens with zero attached hydrogens (tertiary/aromatic N) is 1. The van der Waals surface area contributed by atoms with Crippen LogP contribution in [0, 0.1) is 0 Å². The Morgan fingerprint density at radius 2 is 1.86 bits per heavy atom. The van der Waals surface area contributed by atoms with Gasteiger partial charge in [-0.15, -0.1) is 0 Å². The van der Waals surface area contributed by atoms with Crippen LogP contribution in [0.5, 0.6) is 0 Å². The van der Waals surface area contributed by atoms with E-state index in [1.165, 1.54) is 12.8 Å². The van der Waals surface area contributed by atoms with E-state index in [9.17, 15) is 4.79 Å². The third-order valence-electron chi connectivity index (χ3n) is 4.65. The number of nitrogens with one attached hydrogen (secondary N) is 1. The van der Waals surface area contributed by atoms with Gasteiger partial charge in [0.05, 0.1) is 6.04 Å². The summed E-state index contributed by atoms with van der Waals surface area (Å²) in [5.74, 6) is 0.189. The van der Waals surface area contributed by atoms with Crippen molar-refractivity contribution < 1.29 is 4.79 Å². The van der Waals surface area contributed by atoms with E-state index in [0.29, 0.717) is 12.1 Å². The summed E-state index contributed by atoms with van der Waals surface area (Å²) < 4.78 is 0. The zero-order chi connectivity index (χ0) is 15.7. The Kier molecular flexibility index (Phi) is 8.93. The van der Waals surface area contributed by atoms with Gasteiger partial charge in [0, 0.05) is 18.6 Å². The molecule has 3 N–H and O–H groups in total. The molecule has 0 aromatic rings. The molecule has 0 spiro atoms. The molecule has 1 amide bonds. The summed E-state index contributed by atoms with van der Waals surface area (Å²) >= 11 is 0. The lowest BCUT2D eigenvalue weighted by atomic mass is 9.90. The highest BCUT2D eigenvalue weighted by Gasteiger charge is 2.29. The zero-order valence-electron chi connectivity index (χ0n) is 14.2. The Bertz CT molecular complexity index is 288. The number of carbonyl (C=O) groups excluding carboxylic acids is 1. The normalized spacial score (nSPS) is 24.0. The molecule has 0 saturated heterocycles. The van der Waals surface area contributed by atoms with Crippen molar-refractivity contribution in [3.8, 4) is 0 Å². The molecule has 1 atom stereocenters. The lowest BCUT2D eigenvalue weighted by Crippen LogP contribution is -2.51. The topological polar surface area (TPSA) is 58.4 Å². The highest BCUT2D eigenvalue weighted by molar-refractivity contribution is 5.81. The second-order valence-corrected chi connectivity index (χ2v) is 6.48. The summed E-state index contributed by atoms with van der Waals surface area (Å²) in [4.78, 5) is 14.8. The molecule has 0 aromatic carbocycles. The predicted octanol–water partition coefficient (Wildman–Crippen LogP) is 2.66. The molecular weight excluding hydrogens is 262 g/mol. The molecule has 1 aliphatic rings. The minimum absolute atomic E-state index is 0.0223. The Labute approximate surface area is 130 Å². The van der Waals surface area contributed by atoms with Crippen LogP contribution in [-0.2, 0) is 4.79 Å². The fourth-order valence-corrected chi connectivity index (χ4v) is 3.27. The van der Waals surface area contributed by atoms with Gasteiger partial charge in [0.1, 0.15) is 0 Å². The van der Waals surface area contributed by atoms with Gasteiger partial charge in [0.2, 0.25) is 5.91 Å². The van der Waals surface area contributed by atoms with Crippen LogP contribution in [0.2, 0.25) is 0 Å². The van der Waals surface area contributed by atoms with Crippen LogP contribution in [-0.4, -0.2) is 42.0 Å². The summed E-state index contributed by atoms with van der Waals surface area (Å²) in [7, 11) is 0. The molecule has 1 aliphatic carbocycles. The standard InChI is InChI=1S/C17H35N3O/c1-4-6-7-12-19-17(21)14(3)20(13-5-2)16-10-8-15(18)9-11-16/h14-16H,4-13,18H2,1-3H3,(H,19,21). The fraction of sp³-hybridized carbons (Fsp3) is 0.941. The summed E-state index contributed by atoms with van der Waals surface area (Å²) in [5, 5.41) is 3.10. The number of carbonyl (C=O) groups is 1. The summed E-state index contributed by atoms with van der Waals surface area (Å²) in [5.41, 5.74) is 6.00. The zero-order valence-corrected chi connectivity index (χ0v) is 14.2. The average molecular weight is 297 g/mol. The molecule has 124 valence electrons. The van der Waals surface area contributed by atoms with Crippen LogP contribution in [0.3, 0.4) is 0 Å². The van der Waals surface area contributed by atoms with Crippen molar-refractivity contribution in [2.24, 2.45) is 5.73 Å². The van der Waals surface area contributed by atoms with E-state index in [4.69, 9.17) is 5.73 Å². The van der Waals surface area contributed by atoms with Crippen molar-refractivity contribution in [1.82, 2.24) is 10.2 Å². The van der Waals surface area contributed by atoms with Crippen molar-refractivity contribution in [2.45, 2.75) is 90.3 Å². The Morgan fingerprint density at radius 3 is 2.43 bits per heavy atom. The first kappa shape index (κ1) is 18.4. The molecule has 1 rings (SSSR count). The van der Waals surface area contributed by atoms with E-state index in [1.807, 2.05) is 0 Å². The maximum absolute atomic E-state index is 12.4. The minimum atomic E-state index is -0.0223. The van der Waals surface area contributed by atoms with Crippen molar-refractivity contribution in [3.05, 3.63) is 0 Å². The monoisotopic (exact) mass is 297 g/mol. The second-order valence-electron chi connectivity index (χ2n) is 6.48. The second kappa shape index (κ2) is 10.2. The van der Waals surface area contributed by atoms with Crippen molar-refractivity contribution in [2.75, 3.05) is 13.1 Å². The molecule has 0 heterocycles.